The van der Waals surface area contributed by atoms with E-state index in [1.54, 1.807) is 20.8 Å². The van der Waals surface area contributed by atoms with Crippen molar-refractivity contribution in [2.45, 2.75) is 20.8 Å². The Morgan fingerprint density at radius 2 is 1.40 bits per heavy atom. The monoisotopic (exact) mass is 212 g/mol. The number of esters is 2. The summed E-state index contributed by atoms with van der Waals surface area (Å²) in [5.41, 5.74) is -0.0521. The minimum absolute atomic E-state index is 0.0521. The molecule has 0 aliphatic rings. The van der Waals surface area contributed by atoms with Crippen molar-refractivity contribution in [2.75, 3.05) is 13.2 Å². The molecular formula is C11H16O4. The van der Waals surface area contributed by atoms with Gasteiger partial charge in [-0.25, -0.2) is 9.59 Å². The number of hydrogen-bond donors (Lipinski definition) is 0. The van der Waals surface area contributed by atoms with E-state index in [2.05, 4.69) is 22.3 Å². The lowest BCUT2D eigenvalue weighted by atomic mass is 10.2. The van der Waals surface area contributed by atoms with Crippen LogP contribution in [0.2, 0.25) is 0 Å². The van der Waals surface area contributed by atoms with Gasteiger partial charge in [0.2, 0.25) is 0 Å². The van der Waals surface area contributed by atoms with Crippen LogP contribution in [0.15, 0.2) is 11.6 Å². The summed E-state index contributed by atoms with van der Waals surface area (Å²) in [4.78, 5) is 22.2. The van der Waals surface area contributed by atoms with Crippen LogP contribution in [0.1, 0.15) is 20.8 Å². The fourth-order valence-electron chi connectivity index (χ4n) is 0.737. The molecule has 0 fully saturated rings. The predicted octanol–water partition coefficient (Wildman–Crippen LogP) is 1.31. The maximum absolute atomic E-state index is 11.1. The number of rotatable bonds is 4. The molecule has 0 heterocycles. The molecule has 0 rings (SSSR count). The van der Waals surface area contributed by atoms with E-state index in [-0.39, 0.29) is 18.8 Å². The molecule has 84 valence electrons. The molecule has 0 atom stereocenters. The highest BCUT2D eigenvalue weighted by molar-refractivity contribution is 6.13. The van der Waals surface area contributed by atoms with Crippen molar-refractivity contribution in [1.82, 2.24) is 0 Å². The van der Waals surface area contributed by atoms with Gasteiger partial charge in [0.25, 0.3) is 0 Å². The number of terminal acetylenes is 1. The van der Waals surface area contributed by atoms with Crippen LogP contribution >= 0.6 is 0 Å². The Bertz CT molecular complexity index is 231. The summed E-state index contributed by atoms with van der Waals surface area (Å²) in [7, 11) is 0. The Morgan fingerprint density at radius 1 is 1.07 bits per heavy atom. The van der Waals surface area contributed by atoms with Gasteiger partial charge in [-0.2, -0.15) is 0 Å². The molecule has 0 aliphatic carbocycles. The van der Waals surface area contributed by atoms with Crippen LogP contribution in [0.3, 0.4) is 0 Å². The third kappa shape index (κ3) is 6.33. The summed E-state index contributed by atoms with van der Waals surface area (Å²) in [6.07, 6.45) is 9.38. The number of carbonyl (C=O) groups is 2. The molecule has 0 N–H and O–H groups in total. The first-order valence-electron chi connectivity index (χ1n) is 4.51. The Kier molecular flexibility index (Phi) is 10.8. The van der Waals surface area contributed by atoms with Gasteiger partial charge in [0.05, 0.1) is 13.2 Å². The lowest BCUT2D eigenvalue weighted by molar-refractivity contribution is -0.146. The van der Waals surface area contributed by atoms with E-state index in [9.17, 15) is 9.59 Å². The van der Waals surface area contributed by atoms with Crippen molar-refractivity contribution in [2.24, 2.45) is 0 Å². The van der Waals surface area contributed by atoms with E-state index in [0.29, 0.717) is 0 Å². The number of carbonyl (C=O) groups excluding carboxylic acids is 2. The van der Waals surface area contributed by atoms with E-state index < -0.39 is 11.9 Å². The fraction of sp³-hybridized carbons (Fsp3) is 0.455. The lowest BCUT2D eigenvalue weighted by Crippen LogP contribution is -2.18. The highest BCUT2D eigenvalue weighted by Gasteiger charge is 2.18. The van der Waals surface area contributed by atoms with Crippen LogP contribution in [0.5, 0.6) is 0 Å². The van der Waals surface area contributed by atoms with Crippen molar-refractivity contribution in [1.29, 1.82) is 0 Å². The molecule has 0 radical (unpaired) electrons. The number of allylic oxidation sites excluding steroid dienone is 1. The van der Waals surface area contributed by atoms with E-state index in [4.69, 9.17) is 0 Å². The van der Waals surface area contributed by atoms with Crippen LogP contribution in [0.4, 0.5) is 0 Å². The molecule has 4 nitrogen and oxygen atoms in total. The van der Waals surface area contributed by atoms with Crippen molar-refractivity contribution in [3.63, 3.8) is 0 Å². The Hall–Kier alpha value is -1.76. The molecule has 0 spiro atoms. The molecule has 0 bridgehead atoms. The summed E-state index contributed by atoms with van der Waals surface area (Å²) in [6, 6.07) is 0. The van der Waals surface area contributed by atoms with Gasteiger partial charge >= 0.3 is 11.9 Å². The molecule has 0 saturated heterocycles. The first-order valence-corrected chi connectivity index (χ1v) is 4.51. The zero-order valence-electron chi connectivity index (χ0n) is 9.28. The van der Waals surface area contributed by atoms with Crippen molar-refractivity contribution < 1.29 is 19.1 Å². The summed E-state index contributed by atoms with van der Waals surface area (Å²) in [5.74, 6) is -1.27. The molecule has 0 saturated carbocycles. The van der Waals surface area contributed by atoms with E-state index >= 15 is 0 Å². The van der Waals surface area contributed by atoms with Crippen molar-refractivity contribution >= 4 is 11.9 Å². The zero-order chi connectivity index (χ0) is 12.3. The maximum atomic E-state index is 11.1. The van der Waals surface area contributed by atoms with Crippen LogP contribution in [0.25, 0.3) is 0 Å². The topological polar surface area (TPSA) is 52.6 Å². The van der Waals surface area contributed by atoms with Crippen molar-refractivity contribution in [3.8, 4) is 12.8 Å². The normalized spacial score (nSPS) is 7.80. The Balaban J connectivity index is 0. The summed E-state index contributed by atoms with van der Waals surface area (Å²) in [5, 5.41) is 0. The summed E-state index contributed by atoms with van der Waals surface area (Å²) >= 11 is 0. The average molecular weight is 212 g/mol. The SMILES string of the molecule is C#C.CC=C(C(=O)OCC)C(=O)OCC. The van der Waals surface area contributed by atoms with Gasteiger partial charge in [-0.1, -0.05) is 6.08 Å². The van der Waals surface area contributed by atoms with Crippen LogP contribution in [-0.4, -0.2) is 25.2 Å². The summed E-state index contributed by atoms with van der Waals surface area (Å²) in [6.45, 7) is 5.43. The third-order valence-electron chi connectivity index (χ3n) is 1.28. The second kappa shape index (κ2) is 10.3. The van der Waals surface area contributed by atoms with Gasteiger partial charge in [-0.3, -0.25) is 0 Å². The zero-order valence-corrected chi connectivity index (χ0v) is 9.28. The van der Waals surface area contributed by atoms with Gasteiger partial charge in [0.1, 0.15) is 5.57 Å². The maximum Gasteiger partial charge on any atom is 0.345 e. The van der Waals surface area contributed by atoms with Gasteiger partial charge < -0.3 is 9.47 Å². The van der Waals surface area contributed by atoms with E-state index in [1.165, 1.54) is 6.08 Å². The van der Waals surface area contributed by atoms with Gasteiger partial charge in [-0.15, -0.1) is 12.8 Å². The Labute approximate surface area is 90.3 Å². The molecule has 0 aromatic heterocycles. The first-order chi connectivity index (χ1) is 7.17. The highest BCUT2D eigenvalue weighted by Crippen LogP contribution is 2.01. The van der Waals surface area contributed by atoms with Gasteiger partial charge in [0, 0.05) is 0 Å². The molecule has 0 aliphatic heterocycles. The first kappa shape index (κ1) is 15.7. The largest absolute Gasteiger partial charge is 0.462 e. The molecule has 4 heteroatoms. The fourth-order valence-corrected chi connectivity index (χ4v) is 0.737. The minimum atomic E-state index is -0.636. The molecule has 0 unspecified atom stereocenters. The Morgan fingerprint density at radius 3 is 1.60 bits per heavy atom. The van der Waals surface area contributed by atoms with Crippen molar-refractivity contribution in [3.05, 3.63) is 11.6 Å². The van der Waals surface area contributed by atoms with E-state index in [0.717, 1.165) is 0 Å². The van der Waals surface area contributed by atoms with Crippen LogP contribution in [-0.2, 0) is 19.1 Å². The second-order valence-corrected chi connectivity index (χ2v) is 2.14. The summed E-state index contributed by atoms with van der Waals surface area (Å²) < 4.78 is 9.31. The lowest BCUT2D eigenvalue weighted by Gasteiger charge is -2.04. The van der Waals surface area contributed by atoms with Crippen LogP contribution < -0.4 is 0 Å². The molecule has 15 heavy (non-hydrogen) atoms. The minimum Gasteiger partial charge on any atom is -0.462 e. The predicted molar refractivity (Wildman–Crippen MR) is 56.9 cm³/mol. The molecule has 0 aromatic rings. The number of hydrogen-bond acceptors (Lipinski definition) is 4. The molecule has 0 amide bonds. The number of ether oxygens (including phenoxy) is 2. The quantitative estimate of drug-likeness (QED) is 0.232. The standard InChI is InChI=1S/C9H14O4.C2H2/c1-4-7(8(10)12-5-2)9(11)13-6-3;1-2/h4H,5-6H2,1-3H3;1-2H. The smallest absolute Gasteiger partial charge is 0.345 e. The van der Waals surface area contributed by atoms with E-state index in [1.807, 2.05) is 0 Å². The highest BCUT2D eigenvalue weighted by atomic mass is 16.6. The third-order valence-corrected chi connectivity index (χ3v) is 1.28. The average Bonchev–Trinajstić information content (AvgIpc) is 2.22. The second-order valence-electron chi connectivity index (χ2n) is 2.14. The van der Waals surface area contributed by atoms with Gasteiger partial charge in [-0.05, 0) is 20.8 Å². The molecular weight excluding hydrogens is 196 g/mol. The van der Waals surface area contributed by atoms with Gasteiger partial charge in [0.15, 0.2) is 0 Å². The van der Waals surface area contributed by atoms with Crippen LogP contribution in [0, 0.1) is 12.8 Å². The molecule has 0 aromatic carbocycles.